The van der Waals surface area contributed by atoms with E-state index < -0.39 is 0 Å². The highest BCUT2D eigenvalue weighted by molar-refractivity contribution is 7.10. The van der Waals surface area contributed by atoms with Crippen LogP contribution in [0.3, 0.4) is 0 Å². The maximum Gasteiger partial charge on any atom is 0.236 e. The van der Waals surface area contributed by atoms with Crippen LogP contribution in [0, 0.1) is 0 Å². The zero-order chi connectivity index (χ0) is 13.9. The van der Waals surface area contributed by atoms with E-state index in [1.54, 1.807) is 22.7 Å². The largest absolute Gasteiger partial charge is 0.337 e. The second-order valence-electron chi connectivity index (χ2n) is 5.05. The number of rotatable bonds is 4. The highest BCUT2D eigenvalue weighted by atomic mass is 32.1. The summed E-state index contributed by atoms with van der Waals surface area (Å²) in [5.41, 5.74) is 1.32. The predicted molar refractivity (Wildman–Crippen MR) is 84.2 cm³/mol. The van der Waals surface area contributed by atoms with Crippen LogP contribution in [-0.2, 0) is 17.8 Å². The first kappa shape index (κ1) is 13.8. The van der Waals surface area contributed by atoms with Gasteiger partial charge in [0.15, 0.2) is 0 Å². The minimum absolute atomic E-state index is 0.199. The van der Waals surface area contributed by atoms with Gasteiger partial charge in [-0.15, -0.1) is 22.7 Å². The summed E-state index contributed by atoms with van der Waals surface area (Å²) in [5, 5.41) is 7.51. The number of amides is 1. The van der Waals surface area contributed by atoms with Crippen molar-refractivity contribution in [2.45, 2.75) is 25.9 Å². The van der Waals surface area contributed by atoms with E-state index >= 15 is 0 Å². The Morgan fingerprint density at radius 1 is 1.40 bits per heavy atom. The molecule has 0 aromatic carbocycles. The molecule has 1 amide bonds. The summed E-state index contributed by atoms with van der Waals surface area (Å²) in [6, 6.07) is 6.52. The molecule has 0 bridgehead atoms. The molecular formula is C15H18N2OS2. The fourth-order valence-electron chi connectivity index (χ4n) is 2.45. The SMILES string of the molecule is C[C@@H](NCC(=O)N1CCc2sccc2C1)c1cccs1. The fraction of sp³-hybridized carbons (Fsp3) is 0.400. The minimum Gasteiger partial charge on any atom is -0.337 e. The second kappa shape index (κ2) is 6.08. The molecule has 1 aliphatic rings. The molecule has 3 nitrogen and oxygen atoms in total. The Labute approximate surface area is 127 Å². The zero-order valence-electron chi connectivity index (χ0n) is 11.5. The topological polar surface area (TPSA) is 32.3 Å². The van der Waals surface area contributed by atoms with Crippen LogP contribution in [0.25, 0.3) is 0 Å². The van der Waals surface area contributed by atoms with Crippen molar-refractivity contribution < 1.29 is 4.79 Å². The number of carbonyl (C=O) groups is 1. The third-order valence-corrected chi connectivity index (χ3v) is 5.77. The van der Waals surface area contributed by atoms with Gasteiger partial charge in [-0.3, -0.25) is 4.79 Å². The molecule has 2 aromatic heterocycles. The molecule has 0 saturated carbocycles. The lowest BCUT2D eigenvalue weighted by Crippen LogP contribution is -2.41. The molecule has 1 aliphatic heterocycles. The maximum atomic E-state index is 12.3. The van der Waals surface area contributed by atoms with E-state index in [9.17, 15) is 4.79 Å². The zero-order valence-corrected chi connectivity index (χ0v) is 13.1. The van der Waals surface area contributed by atoms with Crippen LogP contribution in [0.5, 0.6) is 0 Å². The molecule has 0 fully saturated rings. The number of fused-ring (bicyclic) bond motifs is 1. The van der Waals surface area contributed by atoms with Gasteiger partial charge in [0.1, 0.15) is 0 Å². The summed E-state index contributed by atoms with van der Waals surface area (Å²) in [7, 11) is 0. The number of nitrogens with zero attached hydrogens (tertiary/aromatic N) is 1. The molecule has 0 spiro atoms. The third-order valence-electron chi connectivity index (χ3n) is 3.69. The highest BCUT2D eigenvalue weighted by Gasteiger charge is 2.21. The number of carbonyl (C=O) groups excluding carboxylic acids is 1. The number of hydrogen-bond acceptors (Lipinski definition) is 4. The standard InChI is InChI=1S/C15H18N2OS2/c1-11(13-3-2-7-19-13)16-9-15(18)17-6-4-14-12(10-17)5-8-20-14/h2-3,5,7-8,11,16H,4,6,9-10H2,1H3/t11-/m1/s1. The van der Waals surface area contributed by atoms with Gasteiger partial charge in [0.2, 0.25) is 5.91 Å². The monoisotopic (exact) mass is 306 g/mol. The summed E-state index contributed by atoms with van der Waals surface area (Å²) in [6.07, 6.45) is 0.999. The third kappa shape index (κ3) is 2.95. The molecule has 0 unspecified atom stereocenters. The second-order valence-corrected chi connectivity index (χ2v) is 7.03. The molecule has 2 aromatic rings. The fourth-order valence-corrected chi connectivity index (χ4v) is 4.10. The van der Waals surface area contributed by atoms with Crippen molar-refractivity contribution >= 4 is 28.6 Å². The van der Waals surface area contributed by atoms with Gasteiger partial charge in [0, 0.05) is 28.9 Å². The lowest BCUT2D eigenvalue weighted by Gasteiger charge is -2.27. The first-order valence-electron chi connectivity index (χ1n) is 6.84. The molecular weight excluding hydrogens is 288 g/mol. The molecule has 20 heavy (non-hydrogen) atoms. The van der Waals surface area contributed by atoms with Crippen LogP contribution in [0.1, 0.15) is 28.3 Å². The van der Waals surface area contributed by atoms with Crippen molar-refractivity contribution in [1.29, 1.82) is 0 Å². The van der Waals surface area contributed by atoms with Gasteiger partial charge in [-0.25, -0.2) is 0 Å². The summed E-state index contributed by atoms with van der Waals surface area (Å²) >= 11 is 3.53. The van der Waals surface area contributed by atoms with Gasteiger partial charge in [0.05, 0.1) is 6.54 Å². The Balaban J connectivity index is 1.53. The Morgan fingerprint density at radius 2 is 2.30 bits per heavy atom. The van der Waals surface area contributed by atoms with Crippen molar-refractivity contribution in [3.8, 4) is 0 Å². The Bertz CT molecular complexity index is 576. The lowest BCUT2D eigenvalue weighted by molar-refractivity contribution is -0.131. The average molecular weight is 306 g/mol. The van der Waals surface area contributed by atoms with E-state index in [1.807, 2.05) is 11.0 Å². The molecule has 5 heteroatoms. The molecule has 0 aliphatic carbocycles. The first-order valence-corrected chi connectivity index (χ1v) is 8.60. The normalized spacial score (nSPS) is 15.9. The minimum atomic E-state index is 0.199. The summed E-state index contributed by atoms with van der Waals surface area (Å²) in [4.78, 5) is 16.9. The van der Waals surface area contributed by atoms with Gasteiger partial charge in [-0.2, -0.15) is 0 Å². The average Bonchev–Trinajstić information content (AvgIpc) is 3.13. The number of hydrogen-bond donors (Lipinski definition) is 1. The van der Waals surface area contributed by atoms with Crippen LogP contribution in [0.4, 0.5) is 0 Å². The van der Waals surface area contributed by atoms with E-state index in [4.69, 9.17) is 0 Å². The van der Waals surface area contributed by atoms with Crippen LogP contribution >= 0.6 is 22.7 Å². The van der Waals surface area contributed by atoms with Crippen LogP contribution in [0.2, 0.25) is 0 Å². The molecule has 3 rings (SSSR count). The van der Waals surface area contributed by atoms with E-state index in [0.717, 1.165) is 19.5 Å². The summed E-state index contributed by atoms with van der Waals surface area (Å²) < 4.78 is 0. The number of nitrogens with one attached hydrogen (secondary N) is 1. The van der Waals surface area contributed by atoms with Crippen LogP contribution in [0.15, 0.2) is 29.0 Å². The van der Waals surface area contributed by atoms with E-state index in [-0.39, 0.29) is 11.9 Å². The van der Waals surface area contributed by atoms with Crippen molar-refractivity contribution in [1.82, 2.24) is 10.2 Å². The van der Waals surface area contributed by atoms with Crippen molar-refractivity contribution in [2.24, 2.45) is 0 Å². The summed E-state index contributed by atoms with van der Waals surface area (Å²) in [6.45, 7) is 4.14. The van der Waals surface area contributed by atoms with Gasteiger partial charge < -0.3 is 10.2 Å². The summed E-state index contributed by atoms with van der Waals surface area (Å²) in [5.74, 6) is 0.199. The van der Waals surface area contributed by atoms with Crippen LogP contribution < -0.4 is 5.32 Å². The molecule has 106 valence electrons. The molecule has 0 saturated heterocycles. The quantitative estimate of drug-likeness (QED) is 0.941. The van der Waals surface area contributed by atoms with Crippen molar-refractivity contribution in [2.75, 3.05) is 13.1 Å². The first-order chi connectivity index (χ1) is 9.74. The van der Waals surface area contributed by atoms with Crippen molar-refractivity contribution in [3.05, 3.63) is 44.3 Å². The van der Waals surface area contributed by atoms with E-state index in [2.05, 4.69) is 35.1 Å². The molecule has 3 heterocycles. The Kier molecular flexibility index (Phi) is 4.19. The maximum absolute atomic E-state index is 12.3. The molecule has 1 N–H and O–H groups in total. The molecule has 1 atom stereocenters. The predicted octanol–water partition coefficient (Wildman–Crippen LogP) is 3.05. The van der Waals surface area contributed by atoms with Gasteiger partial charge in [0.25, 0.3) is 0 Å². The van der Waals surface area contributed by atoms with Gasteiger partial charge >= 0.3 is 0 Å². The van der Waals surface area contributed by atoms with Crippen molar-refractivity contribution in [3.63, 3.8) is 0 Å². The number of thiophene rings is 2. The lowest BCUT2D eigenvalue weighted by atomic mass is 10.1. The Hall–Kier alpha value is -1.17. The van der Waals surface area contributed by atoms with Gasteiger partial charge in [-0.05, 0) is 41.8 Å². The van der Waals surface area contributed by atoms with Crippen LogP contribution in [-0.4, -0.2) is 23.9 Å². The van der Waals surface area contributed by atoms with E-state index in [0.29, 0.717) is 6.54 Å². The Morgan fingerprint density at radius 3 is 3.10 bits per heavy atom. The smallest absolute Gasteiger partial charge is 0.236 e. The highest BCUT2D eigenvalue weighted by Crippen LogP contribution is 2.24. The molecule has 0 radical (unpaired) electrons. The van der Waals surface area contributed by atoms with E-state index in [1.165, 1.54) is 15.3 Å². The van der Waals surface area contributed by atoms with Gasteiger partial charge in [-0.1, -0.05) is 6.07 Å².